The van der Waals surface area contributed by atoms with Crippen LogP contribution in [0.15, 0.2) is 24.3 Å². The molecule has 1 aromatic carbocycles. The average Bonchev–Trinajstić information content (AvgIpc) is 2.63. The van der Waals surface area contributed by atoms with Gasteiger partial charge in [-0.1, -0.05) is 20.8 Å². The molecular formula is C18H24N2O8. The van der Waals surface area contributed by atoms with Crippen LogP contribution in [0.3, 0.4) is 0 Å². The van der Waals surface area contributed by atoms with Gasteiger partial charge in [-0.05, 0) is 19.1 Å². The Labute approximate surface area is 162 Å². The molecule has 1 aromatic rings. The van der Waals surface area contributed by atoms with Crippen molar-refractivity contribution in [3.05, 3.63) is 34.4 Å². The van der Waals surface area contributed by atoms with E-state index in [1.165, 1.54) is 19.1 Å². The molecule has 10 nitrogen and oxygen atoms in total. The molecule has 0 spiro atoms. The van der Waals surface area contributed by atoms with Gasteiger partial charge >= 0.3 is 5.97 Å². The van der Waals surface area contributed by atoms with E-state index in [0.717, 1.165) is 19.2 Å². The van der Waals surface area contributed by atoms with Gasteiger partial charge in [0, 0.05) is 17.5 Å². The van der Waals surface area contributed by atoms with Gasteiger partial charge in [-0.2, -0.15) is 0 Å². The Kier molecular flexibility index (Phi) is 7.23. The van der Waals surface area contributed by atoms with Crippen LogP contribution in [0.1, 0.15) is 27.7 Å². The van der Waals surface area contributed by atoms with E-state index in [-0.39, 0.29) is 11.4 Å². The van der Waals surface area contributed by atoms with Crippen molar-refractivity contribution in [1.29, 1.82) is 0 Å². The standard InChI is InChI=1S/C18H24N2O8/c1-11(19-10-21)14(22)18(17(2,3)4,15(23)16(24)27-5)28-13-8-6-12(7-9-13)20(25)26/h6-11,15,23H,1-5H3,(H,19,21)/t11-,15?,18?/m1/s1. The predicted octanol–water partition coefficient (Wildman–Crippen LogP) is 0.996. The number of benzene rings is 1. The number of amides is 1. The number of carbonyl (C=O) groups is 3. The molecule has 0 fully saturated rings. The summed E-state index contributed by atoms with van der Waals surface area (Å²) in [7, 11) is 1.04. The van der Waals surface area contributed by atoms with E-state index in [1.807, 2.05) is 0 Å². The summed E-state index contributed by atoms with van der Waals surface area (Å²) in [6.45, 7) is 6.07. The lowest BCUT2D eigenvalue weighted by Crippen LogP contribution is -2.68. The number of ether oxygens (including phenoxy) is 2. The molecule has 0 bridgehead atoms. The van der Waals surface area contributed by atoms with Crippen LogP contribution in [0, 0.1) is 15.5 Å². The smallest absolute Gasteiger partial charge is 0.339 e. The Morgan fingerprint density at radius 2 is 1.79 bits per heavy atom. The van der Waals surface area contributed by atoms with E-state index in [0.29, 0.717) is 6.41 Å². The first-order valence-corrected chi connectivity index (χ1v) is 8.35. The van der Waals surface area contributed by atoms with Gasteiger partial charge in [0.15, 0.2) is 6.10 Å². The summed E-state index contributed by atoms with van der Waals surface area (Å²) in [5, 5.41) is 23.8. The molecule has 2 N–H and O–H groups in total. The van der Waals surface area contributed by atoms with Gasteiger partial charge in [0.25, 0.3) is 5.69 Å². The van der Waals surface area contributed by atoms with E-state index in [1.54, 1.807) is 20.8 Å². The number of methoxy groups -OCH3 is 1. The molecule has 0 saturated carbocycles. The second-order valence-corrected chi connectivity index (χ2v) is 7.13. The van der Waals surface area contributed by atoms with Crippen LogP contribution in [-0.2, 0) is 19.1 Å². The van der Waals surface area contributed by atoms with Crippen molar-refractivity contribution in [1.82, 2.24) is 5.32 Å². The average molecular weight is 396 g/mol. The number of nitro benzene ring substituents is 1. The summed E-state index contributed by atoms with van der Waals surface area (Å²) in [5.74, 6) is -1.87. The van der Waals surface area contributed by atoms with E-state index >= 15 is 0 Å². The van der Waals surface area contributed by atoms with E-state index in [2.05, 4.69) is 10.1 Å². The molecule has 28 heavy (non-hydrogen) atoms. The first-order chi connectivity index (χ1) is 12.9. The normalized spacial score (nSPS) is 15.5. The number of aliphatic hydroxyl groups is 1. The first kappa shape index (κ1) is 23.0. The van der Waals surface area contributed by atoms with Crippen LogP contribution in [-0.4, -0.2) is 53.0 Å². The van der Waals surface area contributed by atoms with E-state index in [4.69, 9.17) is 4.74 Å². The molecule has 0 radical (unpaired) electrons. The number of nitrogens with zero attached hydrogens (tertiary/aromatic N) is 1. The zero-order valence-corrected chi connectivity index (χ0v) is 16.3. The van der Waals surface area contributed by atoms with Crippen LogP contribution in [0.2, 0.25) is 0 Å². The van der Waals surface area contributed by atoms with Crippen LogP contribution >= 0.6 is 0 Å². The number of rotatable bonds is 9. The molecular weight excluding hydrogens is 372 g/mol. The van der Waals surface area contributed by atoms with Gasteiger partial charge in [-0.15, -0.1) is 0 Å². The van der Waals surface area contributed by atoms with Gasteiger partial charge in [-0.3, -0.25) is 19.7 Å². The van der Waals surface area contributed by atoms with Gasteiger partial charge in [0.05, 0.1) is 18.1 Å². The van der Waals surface area contributed by atoms with Crippen molar-refractivity contribution in [3.8, 4) is 5.75 Å². The number of nitro groups is 1. The lowest BCUT2D eigenvalue weighted by Gasteiger charge is -2.46. The van der Waals surface area contributed by atoms with Gasteiger partial charge in [-0.25, -0.2) is 4.79 Å². The Morgan fingerprint density at radius 1 is 1.25 bits per heavy atom. The maximum Gasteiger partial charge on any atom is 0.339 e. The highest BCUT2D eigenvalue weighted by atomic mass is 16.6. The zero-order chi connectivity index (χ0) is 21.7. The minimum absolute atomic E-state index is 0.00938. The van der Waals surface area contributed by atoms with Crippen molar-refractivity contribution in [3.63, 3.8) is 0 Å². The van der Waals surface area contributed by atoms with Crippen LogP contribution < -0.4 is 10.1 Å². The monoisotopic (exact) mass is 396 g/mol. The molecule has 1 amide bonds. The lowest BCUT2D eigenvalue weighted by atomic mass is 9.68. The molecule has 3 atom stereocenters. The Bertz CT molecular complexity index is 741. The molecule has 2 unspecified atom stereocenters. The fourth-order valence-electron chi connectivity index (χ4n) is 2.77. The molecule has 0 aromatic heterocycles. The summed E-state index contributed by atoms with van der Waals surface area (Å²) < 4.78 is 10.4. The lowest BCUT2D eigenvalue weighted by molar-refractivity contribution is -0.384. The molecule has 0 saturated heterocycles. The predicted molar refractivity (Wildman–Crippen MR) is 97.6 cm³/mol. The topological polar surface area (TPSA) is 145 Å². The number of esters is 1. The fraction of sp³-hybridized carbons (Fsp3) is 0.500. The molecule has 1 rings (SSSR count). The number of non-ortho nitro benzene ring substituents is 1. The third kappa shape index (κ3) is 4.45. The first-order valence-electron chi connectivity index (χ1n) is 8.35. The Hall–Kier alpha value is -3.01. The highest BCUT2D eigenvalue weighted by Crippen LogP contribution is 2.40. The van der Waals surface area contributed by atoms with Crippen molar-refractivity contribution in [2.45, 2.75) is 45.4 Å². The van der Waals surface area contributed by atoms with Gasteiger partial charge in [0.1, 0.15) is 5.75 Å². The van der Waals surface area contributed by atoms with Crippen molar-refractivity contribution < 1.29 is 33.9 Å². The van der Waals surface area contributed by atoms with Crippen LogP contribution in [0.5, 0.6) is 5.75 Å². The summed E-state index contributed by atoms with van der Waals surface area (Å²) in [6.07, 6.45) is -1.72. The molecule has 0 aliphatic carbocycles. The zero-order valence-electron chi connectivity index (χ0n) is 16.3. The van der Waals surface area contributed by atoms with Gasteiger partial charge in [0.2, 0.25) is 17.8 Å². The number of hydrogen-bond donors (Lipinski definition) is 2. The number of carbonyl (C=O) groups excluding carboxylic acids is 3. The number of aliphatic hydroxyl groups excluding tert-OH is 1. The molecule has 10 heteroatoms. The van der Waals surface area contributed by atoms with Crippen molar-refractivity contribution in [2.24, 2.45) is 5.41 Å². The number of nitrogens with one attached hydrogen (secondary N) is 1. The molecule has 154 valence electrons. The van der Waals surface area contributed by atoms with Crippen LogP contribution in [0.25, 0.3) is 0 Å². The highest BCUT2D eigenvalue weighted by molar-refractivity contribution is 5.99. The highest BCUT2D eigenvalue weighted by Gasteiger charge is 2.60. The maximum absolute atomic E-state index is 13.2. The van der Waals surface area contributed by atoms with E-state index in [9.17, 15) is 29.6 Å². The van der Waals surface area contributed by atoms with Crippen molar-refractivity contribution >= 4 is 23.9 Å². The maximum atomic E-state index is 13.2. The van der Waals surface area contributed by atoms with Gasteiger partial charge < -0.3 is 19.9 Å². The summed E-state index contributed by atoms with van der Waals surface area (Å²) in [5.41, 5.74) is -3.52. The number of ketones is 1. The molecule has 0 aliphatic rings. The minimum atomic E-state index is -2.16. The number of Topliss-reactive ketones (excluding diaryl/α,β-unsaturated/α-hetero) is 1. The fourth-order valence-corrected chi connectivity index (χ4v) is 2.77. The van der Waals surface area contributed by atoms with Crippen LogP contribution in [0.4, 0.5) is 5.69 Å². The Morgan fingerprint density at radius 3 is 2.18 bits per heavy atom. The second kappa shape index (κ2) is 8.79. The number of hydrogen-bond acceptors (Lipinski definition) is 8. The third-order valence-corrected chi connectivity index (χ3v) is 4.33. The summed E-state index contributed by atoms with van der Waals surface area (Å²) >= 11 is 0. The van der Waals surface area contributed by atoms with Crippen molar-refractivity contribution in [2.75, 3.05) is 7.11 Å². The summed E-state index contributed by atoms with van der Waals surface area (Å²) in [4.78, 5) is 46.4. The Balaban J connectivity index is 3.58. The largest absolute Gasteiger partial charge is 0.475 e. The SMILES string of the molecule is COC(=O)C(O)C(Oc1ccc([N+](=O)[O-])cc1)(C(=O)[C@@H](C)NC=O)C(C)(C)C. The second-order valence-electron chi connectivity index (χ2n) is 7.13. The molecule has 0 heterocycles. The summed E-state index contributed by atoms with van der Waals surface area (Å²) in [6, 6.07) is 3.70. The minimum Gasteiger partial charge on any atom is -0.475 e. The van der Waals surface area contributed by atoms with E-state index < -0.39 is 39.8 Å². The third-order valence-electron chi connectivity index (χ3n) is 4.33. The quantitative estimate of drug-likeness (QED) is 0.272. The molecule has 0 aliphatic heterocycles.